The van der Waals surface area contributed by atoms with Gasteiger partial charge in [-0.25, -0.2) is 13.1 Å². The number of sulfonamides is 1. The van der Waals surface area contributed by atoms with Gasteiger partial charge in [0.2, 0.25) is 15.9 Å². The van der Waals surface area contributed by atoms with Gasteiger partial charge in [0.1, 0.15) is 0 Å². The summed E-state index contributed by atoms with van der Waals surface area (Å²) in [5.41, 5.74) is 0. The highest BCUT2D eigenvalue weighted by Crippen LogP contribution is 2.15. The lowest BCUT2D eigenvalue weighted by molar-refractivity contribution is -0.130. The van der Waals surface area contributed by atoms with E-state index in [2.05, 4.69) is 10.0 Å². The first kappa shape index (κ1) is 15.1. The second-order valence-electron chi connectivity index (χ2n) is 5.15. The Labute approximate surface area is 118 Å². The number of carbonyl (C=O) groups excluding carboxylic acids is 1. The summed E-state index contributed by atoms with van der Waals surface area (Å²) >= 11 is 1.87. The first-order valence-electron chi connectivity index (χ1n) is 6.50. The third kappa shape index (κ3) is 4.94. The van der Waals surface area contributed by atoms with Crippen molar-refractivity contribution in [3.05, 3.63) is 0 Å². The van der Waals surface area contributed by atoms with E-state index in [0.29, 0.717) is 25.9 Å². The lowest BCUT2D eigenvalue weighted by Crippen LogP contribution is -2.43. The molecule has 1 amide bonds. The van der Waals surface area contributed by atoms with E-state index in [0.717, 1.165) is 24.3 Å². The van der Waals surface area contributed by atoms with Crippen LogP contribution < -0.4 is 10.0 Å². The van der Waals surface area contributed by atoms with E-state index in [1.54, 1.807) is 4.90 Å². The molecule has 0 aromatic carbocycles. The van der Waals surface area contributed by atoms with Crippen molar-refractivity contribution in [1.82, 2.24) is 14.9 Å². The van der Waals surface area contributed by atoms with E-state index in [1.807, 2.05) is 11.8 Å². The van der Waals surface area contributed by atoms with Crippen LogP contribution in [0.3, 0.4) is 0 Å². The van der Waals surface area contributed by atoms with Crippen LogP contribution in [0.2, 0.25) is 0 Å². The highest BCUT2D eigenvalue weighted by atomic mass is 32.2. The Morgan fingerprint density at radius 2 is 2.32 bits per heavy atom. The van der Waals surface area contributed by atoms with Crippen molar-refractivity contribution in [2.45, 2.75) is 24.9 Å². The molecule has 2 heterocycles. The van der Waals surface area contributed by atoms with Crippen molar-refractivity contribution >= 4 is 27.7 Å². The molecule has 19 heavy (non-hydrogen) atoms. The normalized spacial score (nSPS) is 28.6. The molecule has 110 valence electrons. The van der Waals surface area contributed by atoms with Crippen molar-refractivity contribution in [2.24, 2.45) is 0 Å². The lowest BCUT2D eigenvalue weighted by Gasteiger charge is -2.25. The lowest BCUT2D eigenvalue weighted by atomic mass is 10.2. The van der Waals surface area contributed by atoms with Crippen LogP contribution in [0.5, 0.6) is 0 Å². The summed E-state index contributed by atoms with van der Waals surface area (Å²) in [4.78, 5) is 13.9. The molecule has 0 aromatic rings. The number of rotatable bonds is 4. The van der Waals surface area contributed by atoms with Gasteiger partial charge in [-0.15, -0.1) is 0 Å². The van der Waals surface area contributed by atoms with Crippen LogP contribution in [0.1, 0.15) is 12.8 Å². The highest BCUT2D eigenvalue weighted by molar-refractivity contribution is 7.99. The molecule has 0 spiro atoms. The van der Waals surface area contributed by atoms with E-state index in [1.165, 1.54) is 0 Å². The Bertz CT molecular complexity index is 421. The Kier molecular flexibility index (Phi) is 5.10. The highest BCUT2D eigenvalue weighted by Gasteiger charge is 2.29. The van der Waals surface area contributed by atoms with Gasteiger partial charge in [-0.2, -0.15) is 11.8 Å². The maximum atomic E-state index is 12.1. The summed E-state index contributed by atoms with van der Waals surface area (Å²) in [7, 11) is -3.19. The number of nitrogens with zero attached hydrogens (tertiary/aromatic N) is 1. The first-order chi connectivity index (χ1) is 8.94. The zero-order chi connectivity index (χ0) is 13.9. The van der Waals surface area contributed by atoms with E-state index in [4.69, 9.17) is 0 Å². The smallest absolute Gasteiger partial charge is 0.224 e. The van der Waals surface area contributed by atoms with Crippen molar-refractivity contribution in [2.75, 3.05) is 37.4 Å². The van der Waals surface area contributed by atoms with Gasteiger partial charge in [-0.1, -0.05) is 0 Å². The molecular formula is C11H21N3O3S2. The number of hydrogen-bond donors (Lipinski definition) is 2. The summed E-state index contributed by atoms with van der Waals surface area (Å²) in [6.45, 7) is 2.10. The molecule has 0 aromatic heterocycles. The first-order valence-corrected chi connectivity index (χ1v) is 9.55. The van der Waals surface area contributed by atoms with Gasteiger partial charge in [0, 0.05) is 49.6 Å². The van der Waals surface area contributed by atoms with Crippen molar-refractivity contribution in [1.29, 1.82) is 0 Å². The Balaban J connectivity index is 1.78. The minimum Gasteiger partial charge on any atom is -0.341 e. The van der Waals surface area contributed by atoms with Gasteiger partial charge in [0.25, 0.3) is 0 Å². The van der Waals surface area contributed by atoms with E-state index >= 15 is 0 Å². The Morgan fingerprint density at radius 1 is 1.53 bits per heavy atom. The second-order valence-corrected chi connectivity index (χ2v) is 8.08. The summed E-state index contributed by atoms with van der Waals surface area (Å²) in [6, 6.07) is 0.126. The number of nitrogens with one attached hydrogen (secondary N) is 2. The molecule has 6 nitrogen and oxygen atoms in total. The molecule has 2 atom stereocenters. The molecule has 0 saturated carbocycles. The summed E-state index contributed by atoms with van der Waals surface area (Å²) in [5, 5.41) is 3.34. The number of likely N-dealkylation sites (tertiary alicyclic amines) is 1. The molecule has 2 N–H and O–H groups in total. The fraction of sp³-hybridized carbons (Fsp3) is 0.909. The predicted octanol–water partition coefficient (Wildman–Crippen LogP) is -0.768. The van der Waals surface area contributed by atoms with Crippen LogP contribution in [0, 0.1) is 0 Å². The van der Waals surface area contributed by atoms with E-state index < -0.39 is 10.0 Å². The van der Waals surface area contributed by atoms with Crippen LogP contribution >= 0.6 is 11.8 Å². The molecule has 2 saturated heterocycles. The van der Waals surface area contributed by atoms with Crippen LogP contribution in [0.15, 0.2) is 0 Å². The standard InChI is InChI=1S/C11H21N3O3S2/c1-19(16,17)13-9-2-4-14(7-9)11(15)6-10-8-18-5-3-12-10/h9-10,12-13H,2-8H2,1H3. The molecule has 2 unspecified atom stereocenters. The van der Waals surface area contributed by atoms with Gasteiger partial charge in [-0.05, 0) is 6.42 Å². The SMILES string of the molecule is CS(=O)(=O)NC1CCN(C(=O)CC2CSCCN2)C1. The maximum Gasteiger partial charge on any atom is 0.224 e. The summed E-state index contributed by atoms with van der Waals surface area (Å²) in [6.07, 6.45) is 2.37. The van der Waals surface area contributed by atoms with Crippen LogP contribution in [0.4, 0.5) is 0 Å². The topological polar surface area (TPSA) is 78.5 Å². The third-order valence-corrected chi connectivity index (χ3v) is 5.23. The van der Waals surface area contributed by atoms with Crippen LogP contribution in [-0.2, 0) is 14.8 Å². The van der Waals surface area contributed by atoms with E-state index in [9.17, 15) is 13.2 Å². The van der Waals surface area contributed by atoms with E-state index in [-0.39, 0.29) is 18.0 Å². The van der Waals surface area contributed by atoms with Crippen molar-refractivity contribution in [3.8, 4) is 0 Å². The molecule has 2 aliphatic heterocycles. The third-order valence-electron chi connectivity index (χ3n) is 3.34. The number of amides is 1. The van der Waals surface area contributed by atoms with Crippen LogP contribution in [-0.4, -0.2) is 68.7 Å². The Hall–Kier alpha value is -0.310. The van der Waals surface area contributed by atoms with Gasteiger partial charge < -0.3 is 10.2 Å². The average molecular weight is 307 g/mol. The monoisotopic (exact) mass is 307 g/mol. The molecular weight excluding hydrogens is 286 g/mol. The minimum absolute atomic E-state index is 0.123. The zero-order valence-electron chi connectivity index (χ0n) is 11.1. The molecule has 2 rings (SSSR count). The van der Waals surface area contributed by atoms with Crippen LogP contribution in [0.25, 0.3) is 0 Å². The predicted molar refractivity (Wildman–Crippen MR) is 76.7 cm³/mol. The molecule has 2 aliphatic rings. The maximum absolute atomic E-state index is 12.1. The summed E-state index contributed by atoms with van der Waals surface area (Å²) in [5.74, 6) is 2.21. The fourth-order valence-electron chi connectivity index (χ4n) is 2.48. The van der Waals surface area contributed by atoms with Gasteiger partial charge in [0.05, 0.1) is 6.26 Å². The Morgan fingerprint density at radius 3 is 2.95 bits per heavy atom. The van der Waals surface area contributed by atoms with Gasteiger partial charge in [-0.3, -0.25) is 4.79 Å². The van der Waals surface area contributed by atoms with Gasteiger partial charge >= 0.3 is 0 Å². The summed E-state index contributed by atoms with van der Waals surface area (Å²) < 4.78 is 24.9. The molecule has 0 bridgehead atoms. The quantitative estimate of drug-likeness (QED) is 0.713. The molecule has 0 radical (unpaired) electrons. The van der Waals surface area contributed by atoms with Gasteiger partial charge in [0.15, 0.2) is 0 Å². The second kappa shape index (κ2) is 6.43. The van der Waals surface area contributed by atoms with Crippen molar-refractivity contribution < 1.29 is 13.2 Å². The number of carbonyl (C=O) groups is 1. The number of hydrogen-bond acceptors (Lipinski definition) is 5. The average Bonchev–Trinajstić information content (AvgIpc) is 2.76. The largest absolute Gasteiger partial charge is 0.341 e. The minimum atomic E-state index is -3.19. The fourth-order valence-corrected chi connectivity index (χ4v) is 4.22. The molecule has 0 aliphatic carbocycles. The van der Waals surface area contributed by atoms with Crippen molar-refractivity contribution in [3.63, 3.8) is 0 Å². The zero-order valence-corrected chi connectivity index (χ0v) is 12.7. The molecule has 8 heteroatoms. The molecule has 2 fully saturated rings. The number of thioether (sulfide) groups is 1.